The Hall–Kier alpha value is -0.890. The minimum Gasteiger partial charge on any atom is -0.322 e. The van der Waals surface area contributed by atoms with Crippen LogP contribution in [0.5, 0.6) is 0 Å². The molecule has 100 valence electrons. The molecule has 1 heterocycles. The molecule has 0 aliphatic heterocycles. The largest absolute Gasteiger partial charge is 0.322 e. The number of aromatic nitrogens is 1. The van der Waals surface area contributed by atoms with Crippen LogP contribution in [0.15, 0.2) is 18.3 Å². The summed E-state index contributed by atoms with van der Waals surface area (Å²) in [7, 11) is 0. The van der Waals surface area contributed by atoms with Gasteiger partial charge in [0.1, 0.15) is 0 Å². The normalized spacial score (nSPS) is 30.1. The molecule has 1 aromatic heterocycles. The highest BCUT2D eigenvalue weighted by molar-refractivity contribution is 5.23. The Labute approximate surface area is 111 Å². The van der Waals surface area contributed by atoms with Crippen molar-refractivity contribution >= 4 is 0 Å². The van der Waals surface area contributed by atoms with Crippen LogP contribution in [-0.4, -0.2) is 4.98 Å². The molecule has 1 aromatic rings. The van der Waals surface area contributed by atoms with E-state index in [0.29, 0.717) is 5.92 Å². The lowest BCUT2D eigenvalue weighted by molar-refractivity contribution is 0.184. The summed E-state index contributed by atoms with van der Waals surface area (Å²) in [6.07, 6.45) is 6.72. The Bertz CT molecular complexity index is 388. The maximum atomic E-state index is 6.49. The van der Waals surface area contributed by atoms with Gasteiger partial charge in [0, 0.05) is 6.20 Å². The maximum Gasteiger partial charge on any atom is 0.0605 e. The number of rotatable bonds is 3. The minimum atomic E-state index is 0.121. The van der Waals surface area contributed by atoms with Gasteiger partial charge >= 0.3 is 0 Å². The molecule has 2 heteroatoms. The highest BCUT2D eigenvalue weighted by atomic mass is 14.8. The zero-order valence-corrected chi connectivity index (χ0v) is 11.9. The molecule has 18 heavy (non-hydrogen) atoms. The lowest BCUT2D eigenvalue weighted by Crippen LogP contribution is -2.30. The van der Waals surface area contributed by atoms with E-state index >= 15 is 0 Å². The van der Waals surface area contributed by atoms with Crippen molar-refractivity contribution in [1.29, 1.82) is 0 Å². The molecular formula is C16H26N2. The average molecular weight is 246 g/mol. The second-order valence-corrected chi connectivity index (χ2v) is 5.95. The molecule has 0 amide bonds. The zero-order valence-electron chi connectivity index (χ0n) is 11.9. The summed E-state index contributed by atoms with van der Waals surface area (Å²) in [4.78, 5) is 4.54. The van der Waals surface area contributed by atoms with E-state index in [1.807, 2.05) is 12.3 Å². The van der Waals surface area contributed by atoms with Gasteiger partial charge in [-0.1, -0.05) is 33.3 Å². The highest BCUT2D eigenvalue weighted by Crippen LogP contribution is 2.39. The van der Waals surface area contributed by atoms with Crippen LogP contribution < -0.4 is 5.73 Å². The Morgan fingerprint density at radius 2 is 2.11 bits per heavy atom. The van der Waals surface area contributed by atoms with E-state index in [2.05, 4.69) is 31.8 Å². The summed E-state index contributed by atoms with van der Waals surface area (Å²) in [5.41, 5.74) is 8.94. The first kappa shape index (κ1) is 13.5. The Balaban J connectivity index is 2.13. The second kappa shape index (κ2) is 5.83. The van der Waals surface area contributed by atoms with Crippen molar-refractivity contribution < 1.29 is 0 Å². The molecule has 2 rings (SSSR count). The molecule has 0 spiro atoms. The van der Waals surface area contributed by atoms with Crippen LogP contribution >= 0.6 is 0 Å². The molecule has 0 aromatic carbocycles. The van der Waals surface area contributed by atoms with Gasteiger partial charge in [-0.3, -0.25) is 4.98 Å². The first-order valence-corrected chi connectivity index (χ1v) is 7.32. The van der Waals surface area contributed by atoms with E-state index in [-0.39, 0.29) is 6.04 Å². The van der Waals surface area contributed by atoms with Crippen molar-refractivity contribution in [3.8, 4) is 0 Å². The molecule has 2 nitrogen and oxygen atoms in total. The molecule has 0 bridgehead atoms. The number of pyridine rings is 1. The van der Waals surface area contributed by atoms with Crippen LogP contribution in [0.3, 0.4) is 0 Å². The maximum absolute atomic E-state index is 6.49. The van der Waals surface area contributed by atoms with E-state index in [9.17, 15) is 0 Å². The van der Waals surface area contributed by atoms with Gasteiger partial charge in [-0.2, -0.15) is 0 Å². The molecule has 0 saturated heterocycles. The molecular weight excluding hydrogens is 220 g/mol. The van der Waals surface area contributed by atoms with E-state index in [1.54, 1.807) is 0 Å². The van der Waals surface area contributed by atoms with E-state index < -0.39 is 0 Å². The predicted octanol–water partition coefficient (Wildman–Crippen LogP) is 3.72. The zero-order chi connectivity index (χ0) is 13.1. The molecule has 1 aliphatic carbocycles. The third-order valence-corrected chi connectivity index (χ3v) is 4.77. The molecule has 1 saturated carbocycles. The monoisotopic (exact) mass is 246 g/mol. The van der Waals surface area contributed by atoms with Crippen LogP contribution in [0.2, 0.25) is 0 Å². The third kappa shape index (κ3) is 2.74. The fourth-order valence-electron chi connectivity index (χ4n) is 3.19. The Kier molecular flexibility index (Phi) is 4.39. The highest BCUT2D eigenvalue weighted by Gasteiger charge is 2.30. The van der Waals surface area contributed by atoms with Crippen LogP contribution in [0.1, 0.15) is 57.3 Å². The summed E-state index contributed by atoms with van der Waals surface area (Å²) < 4.78 is 0. The van der Waals surface area contributed by atoms with E-state index in [0.717, 1.165) is 24.0 Å². The summed E-state index contributed by atoms with van der Waals surface area (Å²) in [5, 5.41) is 0. The van der Waals surface area contributed by atoms with Crippen molar-refractivity contribution in [2.24, 2.45) is 23.5 Å². The number of nitrogens with zero attached hydrogens (tertiary/aromatic N) is 1. The molecule has 4 unspecified atom stereocenters. The predicted molar refractivity (Wildman–Crippen MR) is 76.2 cm³/mol. The van der Waals surface area contributed by atoms with Crippen LogP contribution in [0.25, 0.3) is 0 Å². The Morgan fingerprint density at radius 3 is 2.78 bits per heavy atom. The number of hydrogen-bond donors (Lipinski definition) is 1. The lowest BCUT2D eigenvalue weighted by Gasteiger charge is -2.35. The smallest absolute Gasteiger partial charge is 0.0605 e. The first-order chi connectivity index (χ1) is 8.63. The van der Waals surface area contributed by atoms with Gasteiger partial charge in [-0.05, 0) is 48.6 Å². The van der Waals surface area contributed by atoms with Gasteiger partial charge in [0.05, 0.1) is 11.7 Å². The standard InChI is InChI=1S/C16H26N2/c1-4-13-6-5-9-18-16(13)15(17)14-8-7-11(2)12(3)10-14/h5-6,9,11-12,14-15H,4,7-8,10,17H2,1-3H3. The number of hydrogen-bond acceptors (Lipinski definition) is 2. The van der Waals surface area contributed by atoms with Crippen LogP contribution in [-0.2, 0) is 6.42 Å². The SMILES string of the molecule is CCc1cccnc1C(N)C1CCC(C)C(C)C1. The minimum absolute atomic E-state index is 0.121. The van der Waals surface area contributed by atoms with Gasteiger partial charge in [0.15, 0.2) is 0 Å². The van der Waals surface area contributed by atoms with Gasteiger partial charge in [0.2, 0.25) is 0 Å². The molecule has 1 fully saturated rings. The van der Waals surface area contributed by atoms with Crippen molar-refractivity contribution in [2.75, 3.05) is 0 Å². The third-order valence-electron chi connectivity index (χ3n) is 4.77. The topological polar surface area (TPSA) is 38.9 Å². The summed E-state index contributed by atoms with van der Waals surface area (Å²) in [6.45, 7) is 6.91. The van der Waals surface area contributed by atoms with Crippen LogP contribution in [0, 0.1) is 17.8 Å². The molecule has 2 N–H and O–H groups in total. The average Bonchev–Trinajstić information content (AvgIpc) is 2.41. The quantitative estimate of drug-likeness (QED) is 0.883. The first-order valence-electron chi connectivity index (χ1n) is 7.32. The van der Waals surface area contributed by atoms with Crippen molar-refractivity contribution in [3.05, 3.63) is 29.6 Å². The lowest BCUT2D eigenvalue weighted by atomic mass is 9.72. The summed E-state index contributed by atoms with van der Waals surface area (Å²) in [6, 6.07) is 4.30. The molecule has 0 radical (unpaired) electrons. The van der Waals surface area contributed by atoms with Gasteiger partial charge in [-0.15, -0.1) is 0 Å². The summed E-state index contributed by atoms with van der Waals surface area (Å²) >= 11 is 0. The van der Waals surface area contributed by atoms with E-state index in [1.165, 1.54) is 24.8 Å². The van der Waals surface area contributed by atoms with E-state index in [4.69, 9.17) is 5.73 Å². The number of nitrogens with two attached hydrogens (primary N) is 1. The van der Waals surface area contributed by atoms with Gasteiger partial charge in [0.25, 0.3) is 0 Å². The van der Waals surface area contributed by atoms with Gasteiger partial charge in [-0.25, -0.2) is 0 Å². The fourth-order valence-corrected chi connectivity index (χ4v) is 3.19. The Morgan fingerprint density at radius 1 is 1.33 bits per heavy atom. The molecule has 1 aliphatic rings. The van der Waals surface area contributed by atoms with Crippen molar-refractivity contribution in [1.82, 2.24) is 4.98 Å². The summed E-state index contributed by atoms with van der Waals surface area (Å²) in [5.74, 6) is 2.25. The molecule has 4 atom stereocenters. The van der Waals surface area contributed by atoms with Crippen molar-refractivity contribution in [2.45, 2.75) is 52.5 Å². The van der Waals surface area contributed by atoms with Crippen molar-refractivity contribution in [3.63, 3.8) is 0 Å². The van der Waals surface area contributed by atoms with Gasteiger partial charge < -0.3 is 5.73 Å². The number of aryl methyl sites for hydroxylation is 1. The van der Waals surface area contributed by atoms with Crippen LogP contribution in [0.4, 0.5) is 0 Å². The second-order valence-electron chi connectivity index (χ2n) is 5.95. The fraction of sp³-hybridized carbons (Fsp3) is 0.688.